The Hall–Kier alpha value is -1.30. The van der Waals surface area contributed by atoms with Crippen molar-refractivity contribution < 1.29 is 17.9 Å². The average molecular weight is 304 g/mol. The fraction of sp³-hybridized carbons (Fsp3) is 0.667. The molecule has 1 aromatic rings. The summed E-state index contributed by atoms with van der Waals surface area (Å²) in [5, 5.41) is 3.30. The van der Waals surface area contributed by atoms with Gasteiger partial charge in [0.25, 0.3) is 0 Å². The summed E-state index contributed by atoms with van der Waals surface area (Å²) in [6.07, 6.45) is -5.02. The summed E-state index contributed by atoms with van der Waals surface area (Å²) in [5.74, 6) is 0.541. The third-order valence-corrected chi connectivity index (χ3v) is 2.72. The van der Waals surface area contributed by atoms with Gasteiger partial charge in [-0.2, -0.15) is 13.2 Å². The fourth-order valence-electron chi connectivity index (χ4n) is 1.66. The van der Waals surface area contributed by atoms with Crippen molar-refractivity contribution in [1.82, 2.24) is 10.3 Å². The molecule has 6 heteroatoms. The molecule has 0 saturated heterocycles. The van der Waals surface area contributed by atoms with Crippen LogP contribution in [0.3, 0.4) is 0 Å². The van der Waals surface area contributed by atoms with Crippen molar-refractivity contribution in [2.24, 2.45) is 0 Å². The number of nitrogens with one attached hydrogen (secondary N) is 1. The number of pyridine rings is 1. The molecule has 0 atom stereocenters. The van der Waals surface area contributed by atoms with E-state index in [4.69, 9.17) is 4.74 Å². The number of alkyl halides is 3. The largest absolute Gasteiger partial charge is 0.492 e. The molecule has 1 N–H and O–H groups in total. The van der Waals surface area contributed by atoms with E-state index >= 15 is 0 Å². The highest BCUT2D eigenvalue weighted by Crippen LogP contribution is 2.22. The first-order chi connectivity index (χ1) is 9.57. The van der Waals surface area contributed by atoms with Crippen LogP contribution in [0.25, 0.3) is 0 Å². The van der Waals surface area contributed by atoms with Crippen LogP contribution in [0.4, 0.5) is 13.2 Å². The molecule has 1 heterocycles. The van der Waals surface area contributed by atoms with Crippen LogP contribution in [0.1, 0.15) is 45.0 Å². The minimum absolute atomic E-state index is 0.0345. The van der Waals surface area contributed by atoms with Crippen LogP contribution < -0.4 is 10.1 Å². The number of nitrogens with zero attached hydrogens (tertiary/aromatic N) is 1. The number of hydrogen-bond donors (Lipinski definition) is 1. The van der Waals surface area contributed by atoms with Crippen molar-refractivity contribution in [3.05, 3.63) is 23.5 Å². The third-order valence-electron chi connectivity index (χ3n) is 2.72. The Morgan fingerprint density at radius 2 is 1.86 bits per heavy atom. The van der Waals surface area contributed by atoms with Gasteiger partial charge in [0.2, 0.25) is 0 Å². The zero-order valence-electron chi connectivity index (χ0n) is 13.0. The van der Waals surface area contributed by atoms with E-state index in [1.807, 2.05) is 27.7 Å². The van der Waals surface area contributed by atoms with Gasteiger partial charge in [0.1, 0.15) is 5.75 Å². The number of rotatable bonds is 6. The van der Waals surface area contributed by atoms with E-state index < -0.39 is 12.6 Å². The molecule has 3 nitrogen and oxygen atoms in total. The highest BCUT2D eigenvalue weighted by Gasteiger charge is 2.26. The molecule has 0 aromatic carbocycles. The van der Waals surface area contributed by atoms with Crippen LogP contribution in [0.5, 0.6) is 5.75 Å². The minimum Gasteiger partial charge on any atom is -0.492 e. The third kappa shape index (κ3) is 7.90. The molecule has 120 valence electrons. The molecule has 21 heavy (non-hydrogen) atoms. The normalized spacial score (nSPS) is 12.5. The number of hydrogen-bond acceptors (Lipinski definition) is 3. The highest BCUT2D eigenvalue weighted by atomic mass is 19.4. The van der Waals surface area contributed by atoms with Crippen LogP contribution in [0.15, 0.2) is 12.1 Å². The molecular weight excluding hydrogens is 281 g/mol. The molecule has 0 spiro atoms. The molecule has 1 aromatic heterocycles. The smallest absolute Gasteiger partial charge is 0.389 e. The van der Waals surface area contributed by atoms with Crippen molar-refractivity contribution in [2.75, 3.05) is 6.61 Å². The number of ether oxygens (including phenoxy) is 1. The van der Waals surface area contributed by atoms with Crippen molar-refractivity contribution in [1.29, 1.82) is 0 Å². The summed E-state index contributed by atoms with van der Waals surface area (Å²) >= 11 is 0. The van der Waals surface area contributed by atoms with E-state index in [1.165, 1.54) is 0 Å². The molecule has 0 unspecified atom stereocenters. The molecule has 0 saturated carbocycles. The predicted octanol–water partition coefficient (Wildman–Crippen LogP) is 4.00. The number of halogens is 3. The van der Waals surface area contributed by atoms with E-state index in [-0.39, 0.29) is 18.6 Å². The van der Waals surface area contributed by atoms with E-state index in [0.29, 0.717) is 12.3 Å². The predicted molar refractivity (Wildman–Crippen MR) is 76.4 cm³/mol. The molecule has 0 bridgehead atoms. The molecule has 0 fully saturated rings. The van der Waals surface area contributed by atoms with Crippen LogP contribution in [-0.4, -0.2) is 23.3 Å². The lowest BCUT2D eigenvalue weighted by Gasteiger charge is -2.21. The summed E-state index contributed by atoms with van der Waals surface area (Å²) in [6.45, 7) is 8.52. The molecule has 0 amide bonds. The summed E-state index contributed by atoms with van der Waals surface area (Å²) in [5.41, 5.74) is 1.50. The van der Waals surface area contributed by atoms with Crippen LogP contribution in [0, 0.1) is 6.92 Å². The molecule has 0 aliphatic carbocycles. The molecular formula is C15H23F3N2O. The molecule has 0 radical (unpaired) electrons. The van der Waals surface area contributed by atoms with Gasteiger partial charge in [-0.3, -0.25) is 4.98 Å². The van der Waals surface area contributed by atoms with Crippen molar-refractivity contribution in [3.8, 4) is 5.75 Å². The zero-order valence-corrected chi connectivity index (χ0v) is 13.0. The lowest BCUT2D eigenvalue weighted by Crippen LogP contribution is -2.35. The van der Waals surface area contributed by atoms with Gasteiger partial charge in [-0.25, -0.2) is 0 Å². The quantitative estimate of drug-likeness (QED) is 0.807. The van der Waals surface area contributed by atoms with Gasteiger partial charge in [-0.1, -0.05) is 0 Å². The lowest BCUT2D eigenvalue weighted by molar-refractivity contribution is -0.136. The second-order valence-corrected chi connectivity index (χ2v) is 6.07. The Morgan fingerprint density at radius 3 is 2.43 bits per heavy atom. The van der Waals surface area contributed by atoms with Crippen molar-refractivity contribution >= 4 is 0 Å². The van der Waals surface area contributed by atoms with Gasteiger partial charge in [-0.15, -0.1) is 0 Å². The fourth-order valence-corrected chi connectivity index (χ4v) is 1.66. The molecule has 0 aliphatic heterocycles. The molecule has 0 aliphatic rings. The second kappa shape index (κ2) is 7.11. The van der Waals surface area contributed by atoms with Crippen molar-refractivity contribution in [2.45, 2.75) is 58.8 Å². The first-order valence-electron chi connectivity index (χ1n) is 6.98. The first-order valence-corrected chi connectivity index (χ1v) is 6.98. The van der Waals surface area contributed by atoms with Gasteiger partial charge in [0.15, 0.2) is 0 Å². The van der Waals surface area contributed by atoms with Gasteiger partial charge in [0.05, 0.1) is 12.3 Å². The lowest BCUT2D eigenvalue weighted by atomic mass is 10.1. The first kappa shape index (κ1) is 17.8. The average Bonchev–Trinajstić information content (AvgIpc) is 2.31. The van der Waals surface area contributed by atoms with Gasteiger partial charge >= 0.3 is 6.18 Å². The van der Waals surface area contributed by atoms with Gasteiger partial charge in [0, 0.05) is 24.2 Å². The maximum absolute atomic E-state index is 12.1. The standard InChI is InChI=1S/C15H23F3N2O/c1-11-6-7-13(21-9-5-8-15(16,17)18)12(20-11)10-19-14(2,3)4/h6-7,19H,5,8-10H2,1-4H3. The summed E-state index contributed by atoms with van der Waals surface area (Å²) in [6, 6.07) is 3.55. The monoisotopic (exact) mass is 304 g/mol. The second-order valence-electron chi connectivity index (χ2n) is 6.07. The maximum Gasteiger partial charge on any atom is 0.389 e. The van der Waals surface area contributed by atoms with E-state index in [0.717, 1.165) is 11.4 Å². The van der Waals surface area contributed by atoms with Gasteiger partial charge in [-0.05, 0) is 46.2 Å². The van der Waals surface area contributed by atoms with Crippen molar-refractivity contribution in [3.63, 3.8) is 0 Å². The SMILES string of the molecule is Cc1ccc(OCCCC(F)(F)F)c(CNC(C)(C)C)n1. The number of aromatic nitrogens is 1. The summed E-state index contributed by atoms with van der Waals surface area (Å²) < 4.78 is 41.7. The Bertz CT molecular complexity index is 453. The van der Waals surface area contributed by atoms with Crippen LogP contribution in [0.2, 0.25) is 0 Å². The Morgan fingerprint density at radius 1 is 1.19 bits per heavy atom. The topological polar surface area (TPSA) is 34.1 Å². The maximum atomic E-state index is 12.1. The summed E-state index contributed by atoms with van der Waals surface area (Å²) in [4.78, 5) is 4.39. The minimum atomic E-state index is -4.13. The van der Waals surface area contributed by atoms with Crippen LogP contribution >= 0.6 is 0 Å². The highest BCUT2D eigenvalue weighted by molar-refractivity contribution is 5.29. The van der Waals surface area contributed by atoms with E-state index in [2.05, 4.69) is 10.3 Å². The Kier molecular flexibility index (Phi) is 6.01. The Labute approximate surface area is 123 Å². The number of aryl methyl sites for hydroxylation is 1. The molecule has 1 rings (SSSR count). The van der Waals surface area contributed by atoms with Gasteiger partial charge < -0.3 is 10.1 Å². The van der Waals surface area contributed by atoms with Crippen LogP contribution in [-0.2, 0) is 6.54 Å². The zero-order chi connectivity index (χ0) is 16.1. The van der Waals surface area contributed by atoms with E-state index in [9.17, 15) is 13.2 Å². The summed E-state index contributed by atoms with van der Waals surface area (Å²) in [7, 11) is 0. The van der Waals surface area contributed by atoms with E-state index in [1.54, 1.807) is 12.1 Å². The Balaban J connectivity index is 2.60.